The number of fused-ring (bicyclic) bond motifs is 1. The molecule has 2 unspecified atom stereocenters. The Hall–Kier alpha value is -1.95. The fourth-order valence-electron chi connectivity index (χ4n) is 3.72. The van der Waals surface area contributed by atoms with Crippen molar-refractivity contribution in [3.8, 4) is 0 Å². The van der Waals surface area contributed by atoms with E-state index in [1.165, 1.54) is 0 Å². The Morgan fingerprint density at radius 1 is 1.26 bits per heavy atom. The molecule has 0 radical (unpaired) electrons. The number of nitrogens with zero attached hydrogens (tertiary/aromatic N) is 4. The third-order valence-corrected chi connectivity index (χ3v) is 4.92. The molecular weight excluding hydrogens is 292 g/mol. The van der Waals surface area contributed by atoms with Crippen LogP contribution >= 0.6 is 0 Å². The summed E-state index contributed by atoms with van der Waals surface area (Å²) < 4.78 is 7.62. The van der Waals surface area contributed by atoms with Gasteiger partial charge in [-0.2, -0.15) is 0 Å². The Bertz CT molecular complexity index is 693. The lowest BCUT2D eigenvalue weighted by atomic mass is 10.1. The first-order valence-corrected chi connectivity index (χ1v) is 8.53. The van der Waals surface area contributed by atoms with Gasteiger partial charge in [-0.15, -0.1) is 10.2 Å². The van der Waals surface area contributed by atoms with Crippen LogP contribution in [0, 0.1) is 0 Å². The number of hydrogen-bond donors (Lipinski definition) is 0. The van der Waals surface area contributed by atoms with E-state index in [4.69, 9.17) is 4.74 Å². The summed E-state index contributed by atoms with van der Waals surface area (Å²) >= 11 is 0. The minimum Gasteiger partial charge on any atom is -0.378 e. The fourth-order valence-corrected chi connectivity index (χ4v) is 3.72. The van der Waals surface area contributed by atoms with E-state index in [9.17, 15) is 4.79 Å². The molecule has 4 heterocycles. The molecule has 2 saturated heterocycles. The summed E-state index contributed by atoms with van der Waals surface area (Å²) in [6.45, 7) is 1.66. The van der Waals surface area contributed by atoms with E-state index in [-0.39, 0.29) is 18.1 Å². The molecule has 0 aliphatic carbocycles. The van der Waals surface area contributed by atoms with Crippen LogP contribution in [-0.4, -0.2) is 44.7 Å². The van der Waals surface area contributed by atoms with Crippen molar-refractivity contribution in [2.75, 3.05) is 13.2 Å². The van der Waals surface area contributed by atoms with Crippen LogP contribution in [0.1, 0.15) is 50.4 Å². The predicted octanol–water partition coefficient (Wildman–Crippen LogP) is 2.35. The Morgan fingerprint density at radius 2 is 2.22 bits per heavy atom. The molecule has 0 aromatic carbocycles. The van der Waals surface area contributed by atoms with Gasteiger partial charge in [0.05, 0.1) is 12.1 Å². The number of ether oxygens (including phenoxy) is 1. The van der Waals surface area contributed by atoms with Gasteiger partial charge in [0.1, 0.15) is 0 Å². The highest BCUT2D eigenvalue weighted by Gasteiger charge is 2.33. The van der Waals surface area contributed by atoms with E-state index in [1.807, 2.05) is 33.7 Å². The zero-order valence-corrected chi connectivity index (χ0v) is 13.2. The number of likely N-dealkylation sites (tertiary alicyclic amines) is 1. The molecular formula is C17H22N4O2. The molecule has 6 heteroatoms. The zero-order valence-electron chi connectivity index (χ0n) is 13.2. The van der Waals surface area contributed by atoms with Crippen LogP contribution in [0.2, 0.25) is 0 Å². The fraction of sp³-hybridized carbons (Fsp3) is 0.588. The second-order valence-electron chi connectivity index (χ2n) is 6.41. The maximum absolute atomic E-state index is 12.7. The molecule has 0 spiro atoms. The van der Waals surface area contributed by atoms with Crippen molar-refractivity contribution in [3.63, 3.8) is 0 Å². The van der Waals surface area contributed by atoms with Crippen molar-refractivity contribution < 1.29 is 9.53 Å². The molecule has 2 aliphatic rings. The van der Waals surface area contributed by atoms with Crippen molar-refractivity contribution in [2.24, 2.45) is 0 Å². The minimum absolute atomic E-state index is 0.0457. The molecule has 0 saturated carbocycles. The average Bonchev–Trinajstić information content (AvgIpc) is 3.31. The molecule has 122 valence electrons. The molecule has 23 heavy (non-hydrogen) atoms. The molecule has 0 N–H and O–H groups in total. The van der Waals surface area contributed by atoms with E-state index in [2.05, 4.69) is 10.2 Å². The lowest BCUT2D eigenvalue weighted by Crippen LogP contribution is -2.32. The first kappa shape index (κ1) is 14.6. The third kappa shape index (κ3) is 2.83. The molecule has 2 fully saturated rings. The van der Waals surface area contributed by atoms with Gasteiger partial charge in [0.2, 0.25) is 5.91 Å². The van der Waals surface area contributed by atoms with Gasteiger partial charge in [0, 0.05) is 25.8 Å². The van der Waals surface area contributed by atoms with Crippen LogP contribution in [0.4, 0.5) is 0 Å². The lowest BCUT2D eigenvalue weighted by Gasteiger charge is -2.24. The second-order valence-corrected chi connectivity index (χ2v) is 6.41. The SMILES string of the molecule is O=C(CCC1CCCO1)N1CCCC1c1nnc2ccccn12. The Balaban J connectivity index is 1.48. The smallest absolute Gasteiger partial charge is 0.223 e. The maximum atomic E-state index is 12.7. The Morgan fingerprint density at radius 3 is 3.09 bits per heavy atom. The van der Waals surface area contributed by atoms with Gasteiger partial charge < -0.3 is 9.64 Å². The summed E-state index contributed by atoms with van der Waals surface area (Å²) in [6, 6.07) is 5.91. The summed E-state index contributed by atoms with van der Waals surface area (Å²) in [5.41, 5.74) is 0.834. The van der Waals surface area contributed by atoms with Gasteiger partial charge in [-0.3, -0.25) is 9.20 Å². The number of carbonyl (C=O) groups excluding carboxylic acids is 1. The van der Waals surface area contributed by atoms with E-state index in [0.29, 0.717) is 6.42 Å². The van der Waals surface area contributed by atoms with E-state index in [1.54, 1.807) is 0 Å². The van der Waals surface area contributed by atoms with Crippen molar-refractivity contribution in [2.45, 2.75) is 50.7 Å². The standard InChI is InChI=1S/C17H22N4O2/c22-16(9-8-13-5-4-12-23-13)20-11-3-6-14(20)17-19-18-15-7-1-2-10-21(15)17/h1-2,7,10,13-14H,3-6,8-9,11-12H2. The lowest BCUT2D eigenvalue weighted by molar-refractivity contribution is -0.132. The van der Waals surface area contributed by atoms with Crippen LogP contribution in [0.15, 0.2) is 24.4 Å². The molecule has 2 aromatic heterocycles. The summed E-state index contributed by atoms with van der Waals surface area (Å²) in [7, 11) is 0. The summed E-state index contributed by atoms with van der Waals surface area (Å²) in [5.74, 6) is 1.10. The van der Waals surface area contributed by atoms with Crippen LogP contribution in [0.3, 0.4) is 0 Å². The topological polar surface area (TPSA) is 59.7 Å². The Kier molecular flexibility index (Phi) is 3.99. The van der Waals surface area contributed by atoms with Gasteiger partial charge in [-0.25, -0.2) is 0 Å². The molecule has 2 aromatic rings. The normalized spacial score (nSPS) is 24.6. The molecule has 0 bridgehead atoms. The number of pyridine rings is 1. The molecule has 2 aliphatic heterocycles. The van der Waals surface area contributed by atoms with Gasteiger partial charge in [0.15, 0.2) is 11.5 Å². The number of rotatable bonds is 4. The van der Waals surface area contributed by atoms with Crippen LogP contribution < -0.4 is 0 Å². The second kappa shape index (κ2) is 6.28. The van der Waals surface area contributed by atoms with Gasteiger partial charge in [-0.1, -0.05) is 6.07 Å². The van der Waals surface area contributed by atoms with Crippen molar-refractivity contribution in [1.82, 2.24) is 19.5 Å². The zero-order chi connectivity index (χ0) is 15.6. The monoisotopic (exact) mass is 314 g/mol. The van der Waals surface area contributed by atoms with Crippen molar-refractivity contribution >= 4 is 11.6 Å². The summed E-state index contributed by atoms with van der Waals surface area (Å²) in [4.78, 5) is 14.6. The van der Waals surface area contributed by atoms with Gasteiger partial charge in [-0.05, 0) is 44.2 Å². The highest BCUT2D eigenvalue weighted by atomic mass is 16.5. The van der Waals surface area contributed by atoms with E-state index >= 15 is 0 Å². The first-order valence-electron chi connectivity index (χ1n) is 8.53. The molecule has 2 atom stereocenters. The van der Waals surface area contributed by atoms with Crippen molar-refractivity contribution in [1.29, 1.82) is 0 Å². The summed E-state index contributed by atoms with van der Waals surface area (Å²) in [6.07, 6.45) is 7.84. The number of hydrogen-bond acceptors (Lipinski definition) is 4. The number of amides is 1. The van der Waals surface area contributed by atoms with Gasteiger partial charge >= 0.3 is 0 Å². The highest BCUT2D eigenvalue weighted by Crippen LogP contribution is 2.32. The number of aromatic nitrogens is 3. The predicted molar refractivity (Wildman–Crippen MR) is 84.9 cm³/mol. The third-order valence-electron chi connectivity index (χ3n) is 4.92. The number of carbonyl (C=O) groups is 1. The Labute approximate surface area is 135 Å². The van der Waals surface area contributed by atoms with Crippen LogP contribution in [0.5, 0.6) is 0 Å². The molecule has 4 rings (SSSR count). The largest absolute Gasteiger partial charge is 0.378 e. The quantitative estimate of drug-likeness (QED) is 0.869. The van der Waals surface area contributed by atoms with E-state index < -0.39 is 0 Å². The van der Waals surface area contributed by atoms with Crippen molar-refractivity contribution in [3.05, 3.63) is 30.2 Å². The van der Waals surface area contributed by atoms with Gasteiger partial charge in [0.25, 0.3) is 0 Å². The van der Waals surface area contributed by atoms with E-state index in [0.717, 1.165) is 56.7 Å². The average molecular weight is 314 g/mol. The minimum atomic E-state index is 0.0457. The highest BCUT2D eigenvalue weighted by molar-refractivity contribution is 5.77. The molecule has 1 amide bonds. The molecule has 6 nitrogen and oxygen atoms in total. The maximum Gasteiger partial charge on any atom is 0.223 e. The van der Waals surface area contributed by atoms with Crippen LogP contribution in [-0.2, 0) is 9.53 Å². The first-order chi connectivity index (χ1) is 11.3. The van der Waals surface area contributed by atoms with Crippen LogP contribution in [0.25, 0.3) is 5.65 Å². The summed E-state index contributed by atoms with van der Waals surface area (Å²) in [5, 5.41) is 8.56.